The Balaban J connectivity index is 2.04. The van der Waals surface area contributed by atoms with Gasteiger partial charge in [0.05, 0.1) is 41.5 Å². The quantitative estimate of drug-likeness (QED) is 0.219. The van der Waals surface area contributed by atoms with Crippen molar-refractivity contribution >= 4 is 12.1 Å². The summed E-state index contributed by atoms with van der Waals surface area (Å²) in [4.78, 5) is 25.7. The molecule has 0 amide bonds. The number of aldehydes is 1. The van der Waals surface area contributed by atoms with Gasteiger partial charge in [0, 0.05) is 19.1 Å². The molecule has 0 aliphatic carbocycles. The average Bonchev–Trinajstić information content (AvgIpc) is 3.55. The number of ketones is 1. The Bertz CT molecular complexity index is 931. The first kappa shape index (κ1) is 27.5. The second-order valence-electron chi connectivity index (χ2n) is 10.1. The van der Waals surface area contributed by atoms with Gasteiger partial charge in [0.25, 0.3) is 0 Å². The maximum Gasteiger partial charge on any atom is 0.189 e. The molecule has 0 saturated carbocycles. The normalized spacial score (nSPS) is 30.8. The number of rotatable bonds is 10. The molecule has 0 radical (unpaired) electrons. The van der Waals surface area contributed by atoms with E-state index in [-0.39, 0.29) is 35.5 Å². The van der Waals surface area contributed by atoms with E-state index in [0.717, 1.165) is 0 Å². The molecule has 9 heteroatoms. The van der Waals surface area contributed by atoms with Crippen LogP contribution in [0.2, 0.25) is 0 Å². The van der Waals surface area contributed by atoms with Crippen molar-refractivity contribution in [3.05, 3.63) is 22.8 Å². The molecule has 3 rings (SSSR count). The Labute approximate surface area is 206 Å². The number of Topliss-reactive ketones (excluding diaryl/α,β-unsaturated/α-hetero) is 1. The van der Waals surface area contributed by atoms with Crippen LogP contribution in [0.25, 0.3) is 0 Å². The van der Waals surface area contributed by atoms with E-state index in [9.17, 15) is 30.0 Å². The standard InChI is InChI=1S/C26H38O9/c1-7-13(5)20(17-10-18(28)26(25(32)34-17)19(8-2)35-26)23(31)14-9-15(24(33-6)12(3)4)22(30)16(11-27)21(14)29/h9,11-13,17-20,24-25,28-30,32H,7-8,10H2,1-6H3. The van der Waals surface area contributed by atoms with Crippen LogP contribution in [-0.4, -0.2) is 69.8 Å². The Hall–Kier alpha value is -2.04. The fraction of sp³-hybridized carbons (Fsp3) is 0.692. The zero-order chi connectivity index (χ0) is 26.2. The molecular formula is C26H38O9. The first-order chi connectivity index (χ1) is 16.5. The zero-order valence-corrected chi connectivity index (χ0v) is 21.2. The topological polar surface area (TPSA) is 146 Å². The summed E-state index contributed by atoms with van der Waals surface area (Å²) < 4.78 is 17.0. The van der Waals surface area contributed by atoms with E-state index in [1.165, 1.54) is 13.2 Å². The first-order valence-electron chi connectivity index (χ1n) is 12.3. The smallest absolute Gasteiger partial charge is 0.189 e. The SMILES string of the molecule is CCC(C)C(C(=O)c1cc(C(OC)C(C)C)c(O)c(C=O)c1O)C1CC(O)C2(OC2CC)C(O)O1. The van der Waals surface area contributed by atoms with Gasteiger partial charge in [-0.2, -0.15) is 0 Å². The second kappa shape index (κ2) is 10.5. The molecule has 0 bridgehead atoms. The molecule has 8 unspecified atom stereocenters. The highest BCUT2D eigenvalue weighted by atomic mass is 16.7. The molecular weight excluding hydrogens is 456 g/mol. The van der Waals surface area contributed by atoms with Gasteiger partial charge in [-0.1, -0.05) is 41.0 Å². The average molecular weight is 495 g/mol. The van der Waals surface area contributed by atoms with Crippen molar-refractivity contribution < 1.29 is 44.2 Å². The van der Waals surface area contributed by atoms with Crippen molar-refractivity contribution in [1.82, 2.24) is 0 Å². The lowest BCUT2D eigenvalue weighted by atomic mass is 9.75. The van der Waals surface area contributed by atoms with Crippen molar-refractivity contribution in [3.8, 4) is 11.5 Å². The van der Waals surface area contributed by atoms with Gasteiger partial charge in [0.15, 0.2) is 24.0 Å². The summed E-state index contributed by atoms with van der Waals surface area (Å²) in [5.74, 6) is -2.76. The van der Waals surface area contributed by atoms with E-state index in [1.54, 1.807) is 0 Å². The van der Waals surface area contributed by atoms with Gasteiger partial charge < -0.3 is 34.6 Å². The fourth-order valence-corrected chi connectivity index (χ4v) is 5.46. The summed E-state index contributed by atoms with van der Waals surface area (Å²) in [5, 5.41) is 43.1. The molecule has 4 N–H and O–H groups in total. The molecule has 2 aliphatic heterocycles. The minimum absolute atomic E-state index is 0.0627. The van der Waals surface area contributed by atoms with E-state index < -0.39 is 59.0 Å². The van der Waals surface area contributed by atoms with Crippen molar-refractivity contribution in [1.29, 1.82) is 0 Å². The molecule has 1 aromatic carbocycles. The van der Waals surface area contributed by atoms with Crippen LogP contribution in [0.3, 0.4) is 0 Å². The van der Waals surface area contributed by atoms with Crippen molar-refractivity contribution in [2.75, 3.05) is 7.11 Å². The minimum Gasteiger partial charge on any atom is -0.507 e. The van der Waals surface area contributed by atoms with Gasteiger partial charge >= 0.3 is 0 Å². The van der Waals surface area contributed by atoms with Gasteiger partial charge in [-0.05, 0) is 24.3 Å². The maximum absolute atomic E-state index is 13.9. The molecule has 196 valence electrons. The Morgan fingerprint density at radius 2 is 1.89 bits per heavy atom. The predicted octanol–water partition coefficient (Wildman–Crippen LogP) is 3.11. The lowest BCUT2D eigenvalue weighted by Gasteiger charge is -2.40. The highest BCUT2D eigenvalue weighted by Gasteiger charge is 2.68. The highest BCUT2D eigenvalue weighted by molar-refractivity contribution is 6.04. The van der Waals surface area contributed by atoms with Gasteiger partial charge in [0.1, 0.15) is 11.5 Å². The minimum atomic E-state index is -1.41. The van der Waals surface area contributed by atoms with Crippen LogP contribution >= 0.6 is 0 Å². The Morgan fingerprint density at radius 1 is 1.23 bits per heavy atom. The van der Waals surface area contributed by atoms with Crippen molar-refractivity contribution in [2.45, 2.75) is 90.2 Å². The zero-order valence-electron chi connectivity index (χ0n) is 21.2. The lowest BCUT2D eigenvalue weighted by molar-refractivity contribution is -0.241. The van der Waals surface area contributed by atoms with Crippen LogP contribution in [0.5, 0.6) is 11.5 Å². The number of phenolic OH excluding ortho intramolecular Hbond substituents is 2. The number of phenols is 2. The van der Waals surface area contributed by atoms with Gasteiger partial charge in [-0.3, -0.25) is 9.59 Å². The van der Waals surface area contributed by atoms with Gasteiger partial charge in [-0.15, -0.1) is 0 Å². The van der Waals surface area contributed by atoms with Crippen LogP contribution in [-0.2, 0) is 14.2 Å². The van der Waals surface area contributed by atoms with E-state index in [2.05, 4.69) is 0 Å². The number of ether oxygens (including phenoxy) is 3. The van der Waals surface area contributed by atoms with E-state index >= 15 is 0 Å². The van der Waals surface area contributed by atoms with Crippen molar-refractivity contribution in [3.63, 3.8) is 0 Å². The summed E-state index contributed by atoms with van der Waals surface area (Å²) in [6.45, 7) is 9.36. The monoisotopic (exact) mass is 494 g/mol. The maximum atomic E-state index is 13.9. The summed E-state index contributed by atoms with van der Waals surface area (Å²) in [7, 11) is 1.46. The third kappa shape index (κ3) is 4.60. The summed E-state index contributed by atoms with van der Waals surface area (Å²) >= 11 is 0. The number of carbonyl (C=O) groups is 2. The van der Waals surface area contributed by atoms with Crippen LogP contribution in [0.15, 0.2) is 6.07 Å². The van der Waals surface area contributed by atoms with E-state index in [1.807, 2.05) is 34.6 Å². The Morgan fingerprint density at radius 3 is 2.34 bits per heavy atom. The molecule has 2 saturated heterocycles. The van der Waals surface area contributed by atoms with Crippen LogP contribution in [0.1, 0.15) is 86.3 Å². The second-order valence-corrected chi connectivity index (χ2v) is 10.1. The van der Waals surface area contributed by atoms with Crippen LogP contribution < -0.4 is 0 Å². The summed E-state index contributed by atoms with van der Waals surface area (Å²) in [6, 6.07) is 1.36. The molecule has 2 fully saturated rings. The van der Waals surface area contributed by atoms with Crippen molar-refractivity contribution in [2.24, 2.45) is 17.8 Å². The third-order valence-corrected chi connectivity index (χ3v) is 7.68. The number of epoxide rings is 1. The van der Waals surface area contributed by atoms with E-state index in [4.69, 9.17) is 14.2 Å². The number of hydrogen-bond donors (Lipinski definition) is 4. The first-order valence-corrected chi connectivity index (χ1v) is 12.3. The van der Waals surface area contributed by atoms with E-state index in [0.29, 0.717) is 19.1 Å². The molecule has 9 nitrogen and oxygen atoms in total. The summed E-state index contributed by atoms with van der Waals surface area (Å²) in [5.41, 5.74) is -1.50. The van der Waals surface area contributed by atoms with Gasteiger partial charge in [-0.25, -0.2) is 0 Å². The molecule has 35 heavy (non-hydrogen) atoms. The number of carbonyl (C=O) groups excluding carboxylic acids is 2. The number of aromatic hydroxyl groups is 2. The summed E-state index contributed by atoms with van der Waals surface area (Å²) in [6.07, 6.45) is -2.70. The number of hydrogen-bond acceptors (Lipinski definition) is 9. The fourth-order valence-electron chi connectivity index (χ4n) is 5.46. The highest BCUT2D eigenvalue weighted by Crippen LogP contribution is 2.51. The molecule has 1 aromatic rings. The Kier molecular flexibility index (Phi) is 8.28. The molecule has 8 atom stereocenters. The number of aliphatic hydroxyl groups is 2. The third-order valence-electron chi connectivity index (χ3n) is 7.68. The van der Waals surface area contributed by atoms with Gasteiger partial charge in [0.2, 0.25) is 0 Å². The number of benzene rings is 1. The van der Waals surface area contributed by atoms with Crippen LogP contribution in [0, 0.1) is 17.8 Å². The van der Waals surface area contributed by atoms with Crippen LogP contribution in [0.4, 0.5) is 0 Å². The number of methoxy groups -OCH3 is 1. The molecule has 2 heterocycles. The lowest BCUT2D eigenvalue weighted by Crippen LogP contribution is -2.55. The number of aliphatic hydroxyl groups excluding tert-OH is 2. The molecule has 1 spiro atoms. The molecule has 2 aliphatic rings. The largest absolute Gasteiger partial charge is 0.507 e. The predicted molar refractivity (Wildman–Crippen MR) is 126 cm³/mol. The molecule has 0 aromatic heterocycles.